The maximum absolute atomic E-state index is 2.21. The molecule has 0 saturated carbocycles. The van der Waals surface area contributed by atoms with E-state index in [1.54, 1.807) is 0 Å². The molecule has 0 amide bonds. The molecule has 90 valence electrons. The predicted molar refractivity (Wildman–Crippen MR) is 60.9 cm³/mol. The number of hydrazine groups is 5. The lowest BCUT2D eigenvalue weighted by molar-refractivity contribution is -0.409. The third-order valence-electron chi connectivity index (χ3n) is 2.41. The summed E-state index contributed by atoms with van der Waals surface area (Å²) in [6, 6.07) is 0. The van der Waals surface area contributed by atoms with Crippen molar-refractivity contribution in [3.63, 3.8) is 0 Å². The van der Waals surface area contributed by atoms with Crippen molar-refractivity contribution >= 4 is 0 Å². The zero-order valence-electron chi connectivity index (χ0n) is 10.8. The van der Waals surface area contributed by atoms with E-state index in [-0.39, 0.29) is 0 Å². The van der Waals surface area contributed by atoms with Gasteiger partial charge in [0.2, 0.25) is 0 Å². The lowest BCUT2D eigenvalue weighted by Crippen LogP contribution is -2.68. The molecule has 0 aromatic rings. The molecule has 0 spiro atoms. The summed E-state index contributed by atoms with van der Waals surface area (Å²) in [7, 11) is 12.4. The van der Waals surface area contributed by atoms with Crippen LogP contribution in [0.15, 0.2) is 0 Å². The first-order valence-corrected chi connectivity index (χ1v) is 5.32. The lowest BCUT2D eigenvalue weighted by Gasteiger charge is -2.51. The second-order valence-corrected chi connectivity index (χ2v) is 4.36. The Kier molecular flexibility index (Phi) is 4.45. The van der Waals surface area contributed by atoms with E-state index in [0.717, 1.165) is 13.1 Å². The molecule has 1 heterocycles. The molecule has 0 aliphatic carbocycles. The monoisotopic (exact) mass is 216 g/mol. The Labute approximate surface area is 93.1 Å². The Morgan fingerprint density at radius 2 is 1.07 bits per heavy atom. The minimum absolute atomic E-state index is 1.05. The maximum atomic E-state index is 2.21. The van der Waals surface area contributed by atoms with Crippen LogP contribution in [-0.2, 0) is 0 Å². The summed E-state index contributed by atoms with van der Waals surface area (Å²) in [5.41, 5.74) is 0. The molecule has 6 nitrogen and oxygen atoms in total. The first-order chi connectivity index (χ1) is 6.95. The Morgan fingerprint density at radius 3 is 1.33 bits per heavy atom. The average Bonchev–Trinajstić information content (AvgIpc) is 2.16. The van der Waals surface area contributed by atoms with E-state index in [0.29, 0.717) is 0 Å². The molecule has 1 rings (SSSR count). The van der Waals surface area contributed by atoms with Gasteiger partial charge in [-0.3, -0.25) is 0 Å². The van der Waals surface area contributed by atoms with Crippen LogP contribution in [0.4, 0.5) is 0 Å². The zero-order valence-corrected chi connectivity index (χ0v) is 10.8. The van der Waals surface area contributed by atoms with Gasteiger partial charge in [0.25, 0.3) is 0 Å². The van der Waals surface area contributed by atoms with Crippen molar-refractivity contribution in [2.45, 2.75) is 6.42 Å². The van der Waals surface area contributed by atoms with Crippen LogP contribution in [0, 0.1) is 0 Å². The third kappa shape index (κ3) is 2.87. The number of hydrogen-bond donors (Lipinski definition) is 0. The highest BCUT2D eigenvalue weighted by atomic mass is 16.2. The van der Waals surface area contributed by atoms with Gasteiger partial charge in [-0.25, -0.2) is 15.0 Å². The van der Waals surface area contributed by atoms with Crippen LogP contribution in [0.2, 0.25) is 0 Å². The summed E-state index contributed by atoms with van der Waals surface area (Å²) in [6.07, 6.45) is 1.17. The molecule has 0 radical (unpaired) electrons. The molecule has 0 bridgehead atoms. The quantitative estimate of drug-likeness (QED) is 0.632. The SMILES string of the molecule is CN(C)N1CCCN(N(C)C)N1N(C)C. The van der Waals surface area contributed by atoms with Crippen LogP contribution >= 0.6 is 0 Å². The summed E-state index contributed by atoms with van der Waals surface area (Å²) < 4.78 is 0. The molecule has 1 fully saturated rings. The van der Waals surface area contributed by atoms with Gasteiger partial charge in [0.15, 0.2) is 0 Å². The summed E-state index contributed by atoms with van der Waals surface area (Å²) in [4.78, 5) is 0. The molecular weight excluding hydrogens is 192 g/mol. The minimum Gasteiger partial charge on any atom is -0.232 e. The smallest absolute Gasteiger partial charge is 0.0334 e. The second kappa shape index (κ2) is 5.20. The number of rotatable bonds is 3. The van der Waals surface area contributed by atoms with E-state index in [4.69, 9.17) is 0 Å². The van der Waals surface area contributed by atoms with Crippen LogP contribution in [0.3, 0.4) is 0 Å². The topological polar surface area (TPSA) is 19.4 Å². The van der Waals surface area contributed by atoms with Gasteiger partial charge in [-0.1, -0.05) is 5.23 Å². The molecule has 6 heteroatoms. The van der Waals surface area contributed by atoms with Gasteiger partial charge in [0, 0.05) is 55.4 Å². The molecule has 1 aliphatic rings. The molecule has 0 atom stereocenters. The van der Waals surface area contributed by atoms with Crippen LogP contribution < -0.4 is 0 Å². The molecule has 0 aromatic heterocycles. The highest BCUT2D eigenvalue weighted by Crippen LogP contribution is 2.15. The summed E-state index contributed by atoms with van der Waals surface area (Å²) in [6.45, 7) is 2.10. The molecule has 1 aliphatic heterocycles. The zero-order chi connectivity index (χ0) is 11.6. The van der Waals surface area contributed by atoms with Gasteiger partial charge in [0.05, 0.1) is 0 Å². The molecule has 0 unspecified atom stereocenters. The van der Waals surface area contributed by atoms with Crippen LogP contribution in [0.1, 0.15) is 6.42 Å². The van der Waals surface area contributed by atoms with Gasteiger partial charge in [-0.15, -0.1) is 10.2 Å². The number of nitrogens with zero attached hydrogens (tertiary/aromatic N) is 6. The van der Waals surface area contributed by atoms with Crippen molar-refractivity contribution in [3.05, 3.63) is 0 Å². The normalized spacial score (nSPS) is 22.2. The van der Waals surface area contributed by atoms with Crippen molar-refractivity contribution in [1.82, 2.24) is 30.5 Å². The van der Waals surface area contributed by atoms with Crippen molar-refractivity contribution in [1.29, 1.82) is 0 Å². The average molecular weight is 216 g/mol. The summed E-state index contributed by atoms with van der Waals surface area (Å²) in [5.74, 6) is 0. The Hall–Kier alpha value is -0.240. The molecule has 0 N–H and O–H groups in total. The fourth-order valence-electron chi connectivity index (χ4n) is 1.78. The molecular formula is C9H24N6. The van der Waals surface area contributed by atoms with Crippen molar-refractivity contribution < 1.29 is 0 Å². The molecule has 0 aromatic carbocycles. The van der Waals surface area contributed by atoms with Gasteiger partial charge in [0.1, 0.15) is 0 Å². The predicted octanol–water partition coefficient (Wildman–Crippen LogP) is -0.444. The van der Waals surface area contributed by atoms with E-state index in [2.05, 4.69) is 72.8 Å². The first-order valence-electron chi connectivity index (χ1n) is 5.32. The minimum atomic E-state index is 1.05. The lowest BCUT2D eigenvalue weighted by atomic mass is 10.4. The fourth-order valence-corrected chi connectivity index (χ4v) is 1.78. The highest BCUT2D eigenvalue weighted by molar-refractivity contribution is 4.58. The Morgan fingerprint density at radius 1 is 0.667 bits per heavy atom. The van der Waals surface area contributed by atoms with Gasteiger partial charge in [-0.05, 0) is 6.42 Å². The van der Waals surface area contributed by atoms with E-state index in [1.807, 2.05) is 0 Å². The first kappa shape index (κ1) is 12.8. The summed E-state index contributed by atoms with van der Waals surface area (Å²) >= 11 is 0. The van der Waals surface area contributed by atoms with Crippen molar-refractivity contribution in [2.75, 3.05) is 55.4 Å². The number of hydrogen-bond acceptors (Lipinski definition) is 6. The largest absolute Gasteiger partial charge is 0.232 e. The van der Waals surface area contributed by atoms with E-state index < -0.39 is 0 Å². The highest BCUT2D eigenvalue weighted by Gasteiger charge is 2.31. The third-order valence-corrected chi connectivity index (χ3v) is 2.41. The van der Waals surface area contributed by atoms with Gasteiger partial charge >= 0.3 is 0 Å². The Balaban J connectivity index is 2.80. The van der Waals surface area contributed by atoms with E-state index in [9.17, 15) is 0 Å². The Bertz CT molecular complexity index is 177. The standard InChI is InChI=1S/C9H24N6/c1-10(2)13-8-7-9-14(11(3)4)15(13)12(5)6/h7-9H2,1-6H3. The van der Waals surface area contributed by atoms with Crippen molar-refractivity contribution in [2.24, 2.45) is 0 Å². The maximum Gasteiger partial charge on any atom is 0.0334 e. The van der Waals surface area contributed by atoms with Crippen LogP contribution in [-0.4, -0.2) is 85.9 Å². The van der Waals surface area contributed by atoms with Crippen LogP contribution in [0.25, 0.3) is 0 Å². The van der Waals surface area contributed by atoms with E-state index in [1.165, 1.54) is 6.42 Å². The van der Waals surface area contributed by atoms with Crippen molar-refractivity contribution in [3.8, 4) is 0 Å². The van der Waals surface area contributed by atoms with Gasteiger partial charge < -0.3 is 0 Å². The fraction of sp³-hybridized carbons (Fsp3) is 1.00. The van der Waals surface area contributed by atoms with Crippen LogP contribution in [0.5, 0.6) is 0 Å². The van der Waals surface area contributed by atoms with E-state index >= 15 is 0 Å². The molecule has 1 saturated heterocycles. The second-order valence-electron chi connectivity index (χ2n) is 4.36. The van der Waals surface area contributed by atoms with Gasteiger partial charge in [-0.2, -0.15) is 0 Å². The molecule has 15 heavy (non-hydrogen) atoms. The summed E-state index contributed by atoms with van der Waals surface area (Å²) in [5, 5.41) is 12.9.